The Balaban J connectivity index is 1.89. The van der Waals surface area contributed by atoms with E-state index in [-0.39, 0.29) is 5.97 Å². The number of hydrogen-bond acceptors (Lipinski definition) is 5. The first-order valence-corrected chi connectivity index (χ1v) is 7.69. The van der Waals surface area contributed by atoms with Gasteiger partial charge >= 0.3 is 5.97 Å². The maximum Gasteiger partial charge on any atom is 0.327 e. The van der Waals surface area contributed by atoms with Gasteiger partial charge in [-0.3, -0.25) is 10.1 Å². The predicted octanol–water partition coefficient (Wildman–Crippen LogP) is 0.696. The van der Waals surface area contributed by atoms with Gasteiger partial charge in [0.25, 0.3) is 0 Å². The van der Waals surface area contributed by atoms with Crippen LogP contribution >= 0.6 is 0 Å². The van der Waals surface area contributed by atoms with Gasteiger partial charge in [-0.15, -0.1) is 0 Å². The van der Waals surface area contributed by atoms with Gasteiger partial charge in [-0.1, -0.05) is 0 Å². The highest BCUT2D eigenvalue weighted by Gasteiger charge is 2.41. The van der Waals surface area contributed by atoms with Crippen LogP contribution in [0, 0.1) is 0 Å². The van der Waals surface area contributed by atoms with Crippen LogP contribution in [0.25, 0.3) is 0 Å². The monoisotopic (exact) mass is 283 g/mol. The number of esters is 1. The second kappa shape index (κ2) is 6.41. The molecule has 0 radical (unpaired) electrons. The fraction of sp³-hybridized carbons (Fsp3) is 0.933. The molecule has 0 aromatic carbocycles. The Kier molecular flexibility index (Phi) is 5.04. The summed E-state index contributed by atoms with van der Waals surface area (Å²) in [5, 5.41) is 3.47. The summed E-state index contributed by atoms with van der Waals surface area (Å²) >= 11 is 0. The largest absolute Gasteiger partial charge is 0.468 e. The summed E-state index contributed by atoms with van der Waals surface area (Å²) in [6.07, 6.45) is 4.70. The minimum atomic E-state index is -0.569. The lowest BCUT2D eigenvalue weighted by atomic mass is 9.98. The van der Waals surface area contributed by atoms with Crippen molar-refractivity contribution in [3.8, 4) is 0 Å². The molecule has 1 aliphatic heterocycles. The second-order valence-corrected chi connectivity index (χ2v) is 6.71. The van der Waals surface area contributed by atoms with Gasteiger partial charge in [-0.05, 0) is 59.8 Å². The number of carbonyl (C=O) groups is 1. The molecular weight excluding hydrogens is 254 g/mol. The van der Waals surface area contributed by atoms with Gasteiger partial charge in [0.05, 0.1) is 7.11 Å². The van der Waals surface area contributed by atoms with Gasteiger partial charge in [0.2, 0.25) is 0 Å². The van der Waals surface area contributed by atoms with Gasteiger partial charge in [0, 0.05) is 18.6 Å². The molecule has 5 heteroatoms. The summed E-state index contributed by atoms with van der Waals surface area (Å²) in [7, 11) is 5.77. The number of nitrogens with one attached hydrogen (secondary N) is 1. The van der Waals surface area contributed by atoms with E-state index in [9.17, 15) is 4.79 Å². The van der Waals surface area contributed by atoms with Crippen LogP contribution in [-0.4, -0.2) is 74.2 Å². The molecule has 2 rings (SSSR count). The van der Waals surface area contributed by atoms with Crippen LogP contribution in [0.1, 0.15) is 32.6 Å². The number of carbonyl (C=O) groups excluding carboxylic acids is 1. The summed E-state index contributed by atoms with van der Waals surface area (Å²) in [5.41, 5.74) is -0.569. The van der Waals surface area contributed by atoms with E-state index in [1.807, 2.05) is 6.92 Å². The summed E-state index contributed by atoms with van der Waals surface area (Å²) in [6, 6.07) is 1.17. The standard InChI is InChI=1S/C15H29N3O2/c1-15(14(19)20-4,16-12-5-6-12)11-18-9-7-13(8-10-18)17(2)3/h12-13,16H,5-11H2,1-4H3. The molecule has 0 spiro atoms. The zero-order valence-corrected chi connectivity index (χ0v) is 13.3. The van der Waals surface area contributed by atoms with Crippen molar-refractivity contribution in [2.75, 3.05) is 40.8 Å². The Morgan fingerprint density at radius 3 is 2.35 bits per heavy atom. The molecule has 5 nitrogen and oxygen atoms in total. The molecule has 116 valence electrons. The van der Waals surface area contributed by atoms with Crippen molar-refractivity contribution >= 4 is 5.97 Å². The van der Waals surface area contributed by atoms with E-state index in [0.29, 0.717) is 12.1 Å². The first-order valence-electron chi connectivity index (χ1n) is 7.69. The Morgan fingerprint density at radius 1 is 1.30 bits per heavy atom. The number of ether oxygens (including phenoxy) is 1. The highest BCUT2D eigenvalue weighted by Crippen LogP contribution is 2.25. The summed E-state index contributed by atoms with van der Waals surface area (Å²) < 4.78 is 5.01. The molecule has 0 aromatic rings. The lowest BCUT2D eigenvalue weighted by Gasteiger charge is -2.39. The first kappa shape index (κ1) is 15.7. The van der Waals surface area contributed by atoms with Crippen LogP contribution in [0.5, 0.6) is 0 Å². The first-order chi connectivity index (χ1) is 9.44. The van der Waals surface area contributed by atoms with E-state index < -0.39 is 5.54 Å². The molecule has 1 aliphatic carbocycles. The normalized spacial score (nSPS) is 24.6. The average Bonchev–Trinajstić information content (AvgIpc) is 3.22. The third-order valence-electron chi connectivity index (χ3n) is 4.56. The third kappa shape index (κ3) is 3.93. The fourth-order valence-electron chi connectivity index (χ4n) is 3.11. The predicted molar refractivity (Wildman–Crippen MR) is 79.7 cm³/mol. The zero-order valence-electron chi connectivity index (χ0n) is 13.3. The van der Waals surface area contributed by atoms with Gasteiger partial charge in [-0.2, -0.15) is 0 Å². The molecule has 20 heavy (non-hydrogen) atoms. The molecule has 0 aromatic heterocycles. The number of likely N-dealkylation sites (tertiary alicyclic amines) is 1. The molecular formula is C15H29N3O2. The van der Waals surface area contributed by atoms with E-state index in [1.165, 1.54) is 32.8 Å². The molecule has 1 saturated carbocycles. The zero-order chi connectivity index (χ0) is 14.8. The molecule has 1 N–H and O–H groups in total. The maximum absolute atomic E-state index is 12.1. The Hall–Kier alpha value is -0.650. The average molecular weight is 283 g/mol. The number of piperidine rings is 1. The highest BCUT2D eigenvalue weighted by atomic mass is 16.5. The Bertz CT molecular complexity index is 336. The van der Waals surface area contributed by atoms with Crippen molar-refractivity contribution in [1.29, 1.82) is 0 Å². The van der Waals surface area contributed by atoms with Gasteiger partial charge in [0.15, 0.2) is 0 Å². The second-order valence-electron chi connectivity index (χ2n) is 6.71. The van der Waals surface area contributed by atoms with E-state index in [0.717, 1.165) is 19.6 Å². The van der Waals surface area contributed by atoms with Crippen LogP contribution in [0.15, 0.2) is 0 Å². The van der Waals surface area contributed by atoms with E-state index >= 15 is 0 Å². The number of rotatable bonds is 6. The molecule has 1 unspecified atom stereocenters. The summed E-state index contributed by atoms with van der Waals surface area (Å²) in [5.74, 6) is -0.140. The fourth-order valence-corrected chi connectivity index (χ4v) is 3.11. The lowest BCUT2D eigenvalue weighted by Crippen LogP contribution is -2.59. The third-order valence-corrected chi connectivity index (χ3v) is 4.56. The number of hydrogen-bond donors (Lipinski definition) is 1. The van der Waals surface area contributed by atoms with Crippen molar-refractivity contribution < 1.29 is 9.53 Å². The minimum absolute atomic E-state index is 0.140. The highest BCUT2D eigenvalue weighted by molar-refractivity contribution is 5.80. The molecule has 0 amide bonds. The molecule has 1 saturated heterocycles. The van der Waals surface area contributed by atoms with Crippen molar-refractivity contribution in [3.05, 3.63) is 0 Å². The maximum atomic E-state index is 12.1. The topological polar surface area (TPSA) is 44.8 Å². The number of nitrogens with zero attached hydrogens (tertiary/aromatic N) is 2. The van der Waals surface area contributed by atoms with Crippen LogP contribution in [-0.2, 0) is 9.53 Å². The molecule has 2 fully saturated rings. The lowest BCUT2D eigenvalue weighted by molar-refractivity contribution is -0.149. The van der Waals surface area contributed by atoms with Gasteiger partial charge in [-0.25, -0.2) is 0 Å². The van der Waals surface area contributed by atoms with Crippen molar-refractivity contribution in [3.63, 3.8) is 0 Å². The molecule has 1 heterocycles. The van der Waals surface area contributed by atoms with Crippen molar-refractivity contribution in [2.24, 2.45) is 0 Å². The van der Waals surface area contributed by atoms with Crippen LogP contribution in [0.4, 0.5) is 0 Å². The smallest absolute Gasteiger partial charge is 0.327 e. The van der Waals surface area contributed by atoms with Crippen LogP contribution in [0.3, 0.4) is 0 Å². The van der Waals surface area contributed by atoms with Gasteiger partial charge in [0.1, 0.15) is 5.54 Å². The van der Waals surface area contributed by atoms with Crippen molar-refractivity contribution in [2.45, 2.75) is 50.2 Å². The molecule has 0 bridgehead atoms. The minimum Gasteiger partial charge on any atom is -0.468 e. The number of methoxy groups -OCH3 is 1. The van der Waals surface area contributed by atoms with Crippen molar-refractivity contribution in [1.82, 2.24) is 15.1 Å². The van der Waals surface area contributed by atoms with E-state index in [2.05, 4.69) is 29.2 Å². The quantitative estimate of drug-likeness (QED) is 0.727. The van der Waals surface area contributed by atoms with Gasteiger partial charge < -0.3 is 14.5 Å². The van der Waals surface area contributed by atoms with E-state index in [1.54, 1.807) is 0 Å². The Morgan fingerprint density at radius 2 is 1.90 bits per heavy atom. The summed E-state index contributed by atoms with van der Waals surface area (Å²) in [6.45, 7) is 4.84. The SMILES string of the molecule is COC(=O)C(C)(CN1CCC(N(C)C)CC1)NC1CC1. The van der Waals surface area contributed by atoms with E-state index in [4.69, 9.17) is 4.74 Å². The van der Waals surface area contributed by atoms with Crippen LogP contribution in [0.2, 0.25) is 0 Å². The summed E-state index contributed by atoms with van der Waals surface area (Å²) in [4.78, 5) is 16.8. The van der Waals surface area contributed by atoms with Crippen LogP contribution < -0.4 is 5.32 Å². The Labute approximate surface area is 122 Å². The molecule has 2 aliphatic rings. The molecule has 1 atom stereocenters.